The van der Waals surface area contributed by atoms with E-state index < -0.39 is 10.8 Å². The van der Waals surface area contributed by atoms with E-state index in [1.165, 1.54) is 24.3 Å². The lowest BCUT2D eigenvalue weighted by Gasteiger charge is -2.05. The maximum atomic E-state index is 11.8. The number of rotatable bonds is 4. The molecule has 0 radical (unpaired) electrons. The van der Waals surface area contributed by atoms with Gasteiger partial charge in [0, 0.05) is 18.2 Å². The van der Waals surface area contributed by atoms with Crippen molar-refractivity contribution in [3.63, 3.8) is 0 Å². The highest BCUT2D eigenvalue weighted by molar-refractivity contribution is 6.03. The summed E-state index contributed by atoms with van der Waals surface area (Å²) in [5, 5.41) is 13.2. The molecule has 0 spiro atoms. The van der Waals surface area contributed by atoms with E-state index >= 15 is 0 Å². The minimum Gasteiger partial charge on any atom is -0.397 e. The van der Waals surface area contributed by atoms with Crippen LogP contribution in [-0.2, 0) is 4.79 Å². The number of nitrogens with zero attached hydrogens (tertiary/aromatic N) is 1. The second-order valence-electron chi connectivity index (χ2n) is 4.26. The predicted octanol–water partition coefficient (Wildman–Crippen LogP) is 2.83. The molecular weight excluding hydrogens is 270 g/mol. The van der Waals surface area contributed by atoms with E-state index in [2.05, 4.69) is 5.32 Å². The summed E-state index contributed by atoms with van der Waals surface area (Å²) in [6, 6.07) is 13.2. The molecule has 0 aliphatic heterocycles. The van der Waals surface area contributed by atoms with Gasteiger partial charge >= 0.3 is 0 Å². The Bertz CT molecular complexity index is 697. The zero-order valence-corrected chi connectivity index (χ0v) is 11.0. The average molecular weight is 283 g/mol. The zero-order valence-electron chi connectivity index (χ0n) is 11.0. The van der Waals surface area contributed by atoms with Crippen molar-refractivity contribution in [2.24, 2.45) is 0 Å². The fourth-order valence-corrected chi connectivity index (χ4v) is 1.68. The monoisotopic (exact) mass is 283 g/mol. The molecule has 0 saturated heterocycles. The van der Waals surface area contributed by atoms with Crippen molar-refractivity contribution in [3.05, 3.63) is 70.3 Å². The van der Waals surface area contributed by atoms with Crippen LogP contribution in [0.5, 0.6) is 0 Å². The quantitative estimate of drug-likeness (QED) is 0.390. The number of nitrogens with two attached hydrogens (primary N) is 1. The third-order valence-electron chi connectivity index (χ3n) is 2.73. The molecule has 1 amide bonds. The lowest BCUT2D eigenvalue weighted by atomic mass is 10.2. The largest absolute Gasteiger partial charge is 0.397 e. The molecule has 2 aromatic rings. The Kier molecular flexibility index (Phi) is 4.30. The van der Waals surface area contributed by atoms with E-state index in [1.807, 2.05) is 30.3 Å². The van der Waals surface area contributed by atoms with Gasteiger partial charge in [0.15, 0.2) is 0 Å². The van der Waals surface area contributed by atoms with Crippen LogP contribution in [0.1, 0.15) is 5.56 Å². The van der Waals surface area contributed by atoms with E-state index in [0.29, 0.717) is 0 Å². The molecule has 21 heavy (non-hydrogen) atoms. The second kappa shape index (κ2) is 6.33. The summed E-state index contributed by atoms with van der Waals surface area (Å²) in [4.78, 5) is 21.9. The van der Waals surface area contributed by atoms with Crippen LogP contribution in [-0.4, -0.2) is 10.8 Å². The summed E-state index contributed by atoms with van der Waals surface area (Å²) in [7, 11) is 0. The van der Waals surface area contributed by atoms with Gasteiger partial charge in [-0.1, -0.05) is 30.3 Å². The summed E-state index contributed by atoms with van der Waals surface area (Å²) in [6.07, 6.45) is 2.98. The van der Waals surface area contributed by atoms with Crippen molar-refractivity contribution in [2.75, 3.05) is 11.1 Å². The van der Waals surface area contributed by atoms with Gasteiger partial charge in [0.2, 0.25) is 5.91 Å². The van der Waals surface area contributed by atoms with Gasteiger partial charge in [-0.15, -0.1) is 0 Å². The SMILES string of the molecule is Nc1ccc([N+](=O)[O-])cc1NC(=O)C=Cc1ccccc1. The Labute approximate surface area is 121 Å². The first kappa shape index (κ1) is 14.3. The van der Waals surface area contributed by atoms with Crippen molar-refractivity contribution in [1.82, 2.24) is 0 Å². The smallest absolute Gasteiger partial charge is 0.271 e. The van der Waals surface area contributed by atoms with Crippen molar-refractivity contribution in [2.45, 2.75) is 0 Å². The summed E-state index contributed by atoms with van der Waals surface area (Å²) < 4.78 is 0. The second-order valence-corrected chi connectivity index (χ2v) is 4.26. The lowest BCUT2D eigenvalue weighted by molar-refractivity contribution is -0.384. The van der Waals surface area contributed by atoms with Crippen LogP contribution in [0, 0.1) is 10.1 Å². The molecule has 0 saturated carbocycles. The first-order valence-electron chi connectivity index (χ1n) is 6.14. The van der Waals surface area contributed by atoms with Gasteiger partial charge in [-0.2, -0.15) is 0 Å². The number of carbonyl (C=O) groups excluding carboxylic acids is 1. The predicted molar refractivity (Wildman–Crippen MR) is 81.6 cm³/mol. The number of nitrogens with one attached hydrogen (secondary N) is 1. The standard InChI is InChI=1S/C15H13N3O3/c16-13-8-7-12(18(20)21)10-14(13)17-15(19)9-6-11-4-2-1-3-5-11/h1-10H,16H2,(H,17,19). The zero-order chi connectivity index (χ0) is 15.2. The van der Waals surface area contributed by atoms with Gasteiger partial charge in [-0.3, -0.25) is 14.9 Å². The molecule has 0 atom stereocenters. The Morgan fingerprint density at radius 1 is 1.19 bits per heavy atom. The number of nitro benzene ring substituents is 1. The molecule has 3 N–H and O–H groups in total. The van der Waals surface area contributed by atoms with Gasteiger partial charge < -0.3 is 11.1 Å². The number of hydrogen-bond acceptors (Lipinski definition) is 4. The third-order valence-corrected chi connectivity index (χ3v) is 2.73. The molecule has 0 aromatic heterocycles. The van der Waals surface area contributed by atoms with E-state index in [4.69, 9.17) is 5.73 Å². The summed E-state index contributed by atoms with van der Waals surface area (Å²) in [6.45, 7) is 0. The molecule has 0 aliphatic rings. The van der Waals surface area contributed by atoms with Crippen molar-refractivity contribution in [3.8, 4) is 0 Å². The Morgan fingerprint density at radius 2 is 1.90 bits per heavy atom. The highest BCUT2D eigenvalue weighted by Gasteiger charge is 2.10. The molecule has 0 aliphatic carbocycles. The number of nitro groups is 1. The number of hydrogen-bond donors (Lipinski definition) is 2. The van der Waals surface area contributed by atoms with Gasteiger partial charge in [-0.05, 0) is 17.7 Å². The van der Waals surface area contributed by atoms with Crippen LogP contribution in [0.3, 0.4) is 0 Å². The molecule has 2 aromatic carbocycles. The Balaban J connectivity index is 2.11. The normalized spacial score (nSPS) is 10.5. The molecule has 2 rings (SSSR count). The van der Waals surface area contributed by atoms with E-state index in [-0.39, 0.29) is 17.1 Å². The first-order valence-corrected chi connectivity index (χ1v) is 6.14. The molecule has 0 unspecified atom stereocenters. The molecule has 6 heteroatoms. The minimum atomic E-state index is -0.547. The Morgan fingerprint density at radius 3 is 2.57 bits per heavy atom. The average Bonchev–Trinajstić information content (AvgIpc) is 2.48. The highest BCUT2D eigenvalue weighted by Crippen LogP contribution is 2.24. The molecule has 6 nitrogen and oxygen atoms in total. The molecule has 0 heterocycles. The van der Waals surface area contributed by atoms with Crippen LogP contribution < -0.4 is 11.1 Å². The number of carbonyl (C=O) groups is 1. The lowest BCUT2D eigenvalue weighted by Crippen LogP contribution is -2.10. The van der Waals surface area contributed by atoms with E-state index in [9.17, 15) is 14.9 Å². The number of amides is 1. The highest BCUT2D eigenvalue weighted by atomic mass is 16.6. The number of nitrogen functional groups attached to an aromatic ring is 1. The summed E-state index contributed by atoms with van der Waals surface area (Å²) in [5.41, 5.74) is 6.91. The molecule has 0 fully saturated rings. The van der Waals surface area contributed by atoms with Crippen LogP contribution in [0.25, 0.3) is 6.08 Å². The van der Waals surface area contributed by atoms with Crippen LogP contribution in [0.15, 0.2) is 54.6 Å². The van der Waals surface area contributed by atoms with Crippen LogP contribution in [0.4, 0.5) is 17.1 Å². The summed E-state index contributed by atoms with van der Waals surface area (Å²) in [5.74, 6) is -0.411. The van der Waals surface area contributed by atoms with Crippen molar-refractivity contribution < 1.29 is 9.72 Å². The molecule has 0 bridgehead atoms. The van der Waals surface area contributed by atoms with Gasteiger partial charge in [0.25, 0.3) is 5.69 Å². The van der Waals surface area contributed by atoms with Crippen LogP contribution in [0.2, 0.25) is 0 Å². The van der Waals surface area contributed by atoms with Crippen molar-refractivity contribution >= 4 is 29.0 Å². The molecule has 106 valence electrons. The molecular formula is C15H13N3O3. The van der Waals surface area contributed by atoms with Gasteiger partial charge in [-0.25, -0.2) is 0 Å². The minimum absolute atomic E-state index is 0.133. The maximum absolute atomic E-state index is 11.8. The Hall–Kier alpha value is -3.15. The van der Waals surface area contributed by atoms with Crippen LogP contribution >= 0.6 is 0 Å². The van der Waals surface area contributed by atoms with E-state index in [1.54, 1.807) is 6.08 Å². The first-order chi connectivity index (χ1) is 10.1. The van der Waals surface area contributed by atoms with Gasteiger partial charge in [0.1, 0.15) is 0 Å². The third kappa shape index (κ3) is 3.90. The number of anilines is 2. The number of non-ortho nitro benzene ring substituents is 1. The summed E-state index contributed by atoms with van der Waals surface area (Å²) >= 11 is 0. The fraction of sp³-hybridized carbons (Fsp3) is 0. The maximum Gasteiger partial charge on any atom is 0.271 e. The van der Waals surface area contributed by atoms with E-state index in [0.717, 1.165) is 5.56 Å². The van der Waals surface area contributed by atoms with Gasteiger partial charge in [0.05, 0.1) is 16.3 Å². The fourth-order valence-electron chi connectivity index (χ4n) is 1.68. The van der Waals surface area contributed by atoms with Crippen molar-refractivity contribution in [1.29, 1.82) is 0 Å². The topological polar surface area (TPSA) is 98.3 Å². The number of benzene rings is 2.